The monoisotopic (exact) mass is 524 g/mol. The number of nitrogens with one attached hydrogen (secondary N) is 3. The Balaban J connectivity index is 1.58. The molecule has 1 aliphatic rings. The number of anilines is 1. The minimum atomic E-state index is -1.44. The summed E-state index contributed by atoms with van der Waals surface area (Å²) in [5.74, 6) is -0.562. The normalized spacial score (nSPS) is 18.7. The summed E-state index contributed by atoms with van der Waals surface area (Å²) < 4.78 is 5.73. The zero-order valence-corrected chi connectivity index (χ0v) is 22.6. The first-order chi connectivity index (χ1) is 18.1. The van der Waals surface area contributed by atoms with Crippen LogP contribution in [0.3, 0.4) is 0 Å². The molecule has 1 saturated heterocycles. The maximum atomic E-state index is 12.9. The van der Waals surface area contributed by atoms with Crippen LogP contribution in [0.15, 0.2) is 60.7 Å². The van der Waals surface area contributed by atoms with Crippen LogP contribution in [0.25, 0.3) is 0 Å². The highest BCUT2D eigenvalue weighted by Crippen LogP contribution is 2.32. The molecule has 0 spiro atoms. The smallest absolute Gasteiger partial charge is 0.407 e. The molecule has 2 aromatic carbocycles. The van der Waals surface area contributed by atoms with Crippen molar-refractivity contribution in [2.45, 2.75) is 71.2 Å². The molecule has 2 aromatic rings. The van der Waals surface area contributed by atoms with Crippen molar-refractivity contribution in [1.29, 1.82) is 0 Å². The molecular weight excluding hydrogens is 484 g/mol. The Kier molecular flexibility index (Phi) is 10.1. The average Bonchev–Trinajstić information content (AvgIpc) is 3.20. The van der Waals surface area contributed by atoms with E-state index in [1.54, 1.807) is 17.0 Å². The van der Waals surface area contributed by atoms with Gasteiger partial charge in [0.15, 0.2) is 6.10 Å². The molecule has 38 heavy (non-hydrogen) atoms. The van der Waals surface area contributed by atoms with Crippen molar-refractivity contribution in [1.82, 2.24) is 15.5 Å². The molecule has 206 valence electrons. The number of urea groups is 1. The molecule has 1 heterocycles. The number of hydrogen-bond donors (Lipinski definition) is 4. The van der Waals surface area contributed by atoms with E-state index in [0.29, 0.717) is 25.1 Å². The minimum Gasteiger partial charge on any atom is -0.444 e. The van der Waals surface area contributed by atoms with Crippen molar-refractivity contribution in [3.8, 4) is 0 Å². The summed E-state index contributed by atoms with van der Waals surface area (Å²) in [6, 6.07) is 17.2. The lowest BCUT2D eigenvalue weighted by Crippen LogP contribution is -2.52. The topological polar surface area (TPSA) is 120 Å². The number of unbranched alkanes of at least 4 members (excludes halogenated alkanes) is 1. The van der Waals surface area contributed by atoms with E-state index >= 15 is 0 Å². The van der Waals surface area contributed by atoms with Gasteiger partial charge in [0, 0.05) is 17.6 Å². The molecule has 1 aliphatic heterocycles. The molecule has 4 amide bonds. The van der Waals surface area contributed by atoms with Gasteiger partial charge in [-0.15, -0.1) is 0 Å². The summed E-state index contributed by atoms with van der Waals surface area (Å²) in [5.41, 5.74) is 1.12. The molecule has 0 radical (unpaired) electrons. The van der Waals surface area contributed by atoms with Gasteiger partial charge in [-0.1, -0.05) is 82.1 Å². The molecule has 1 fully saturated rings. The van der Waals surface area contributed by atoms with E-state index in [-0.39, 0.29) is 18.6 Å². The Morgan fingerprint density at radius 3 is 2.32 bits per heavy atom. The molecule has 0 bridgehead atoms. The third-order valence-electron chi connectivity index (χ3n) is 6.90. The Hall–Kier alpha value is -3.59. The van der Waals surface area contributed by atoms with E-state index in [1.807, 2.05) is 76.2 Å². The molecule has 9 heteroatoms. The number of rotatable bonds is 10. The lowest BCUT2D eigenvalue weighted by molar-refractivity contribution is -0.131. The maximum Gasteiger partial charge on any atom is 0.407 e. The SMILES string of the molecule is CCCC[C@H](NC(=O)O[C@@H]1CN(C(=O)Nc2ccccc2)CC1(C)C)C(O)C(=O)N[C@H](C)c1ccccc1. The fraction of sp³-hybridized carbons (Fsp3) is 0.483. The van der Waals surface area contributed by atoms with E-state index in [2.05, 4.69) is 16.0 Å². The van der Waals surface area contributed by atoms with Gasteiger partial charge in [0.2, 0.25) is 0 Å². The van der Waals surface area contributed by atoms with Crippen molar-refractivity contribution >= 4 is 23.7 Å². The summed E-state index contributed by atoms with van der Waals surface area (Å²) >= 11 is 0. The molecule has 9 nitrogen and oxygen atoms in total. The highest BCUT2D eigenvalue weighted by atomic mass is 16.6. The molecule has 1 unspecified atom stereocenters. The average molecular weight is 525 g/mol. The van der Waals surface area contributed by atoms with Crippen molar-refractivity contribution in [2.24, 2.45) is 5.41 Å². The van der Waals surface area contributed by atoms with Gasteiger partial charge in [-0.2, -0.15) is 0 Å². The van der Waals surface area contributed by atoms with Gasteiger partial charge in [0.05, 0.1) is 18.6 Å². The van der Waals surface area contributed by atoms with Crippen LogP contribution in [-0.4, -0.2) is 59.4 Å². The summed E-state index contributed by atoms with van der Waals surface area (Å²) in [5, 5.41) is 19.2. The number of para-hydroxylation sites is 1. The predicted octanol–water partition coefficient (Wildman–Crippen LogP) is 4.45. The molecule has 0 aliphatic carbocycles. The van der Waals surface area contributed by atoms with E-state index < -0.39 is 35.7 Å². The van der Waals surface area contributed by atoms with Gasteiger partial charge < -0.3 is 30.7 Å². The first kappa shape index (κ1) is 29.0. The summed E-state index contributed by atoms with van der Waals surface area (Å²) in [6.45, 7) is 8.34. The third-order valence-corrected chi connectivity index (χ3v) is 6.90. The van der Waals surface area contributed by atoms with Crippen LogP contribution in [-0.2, 0) is 9.53 Å². The number of carbonyl (C=O) groups excluding carboxylic acids is 3. The van der Waals surface area contributed by atoms with E-state index in [0.717, 1.165) is 12.0 Å². The summed E-state index contributed by atoms with van der Waals surface area (Å²) in [6.07, 6.45) is -0.753. The van der Waals surface area contributed by atoms with Crippen LogP contribution in [0.1, 0.15) is 58.6 Å². The Labute approximate surface area is 224 Å². The lowest BCUT2D eigenvalue weighted by atomic mass is 9.90. The largest absolute Gasteiger partial charge is 0.444 e. The second-order valence-corrected chi connectivity index (χ2v) is 10.5. The Morgan fingerprint density at radius 1 is 1.05 bits per heavy atom. The number of ether oxygens (including phenoxy) is 1. The van der Waals surface area contributed by atoms with Crippen LogP contribution in [0, 0.1) is 5.41 Å². The van der Waals surface area contributed by atoms with Crippen molar-refractivity contribution in [3.05, 3.63) is 66.2 Å². The molecule has 3 rings (SSSR count). The van der Waals surface area contributed by atoms with Gasteiger partial charge in [-0.25, -0.2) is 9.59 Å². The quantitative estimate of drug-likeness (QED) is 0.366. The van der Waals surface area contributed by atoms with Crippen LogP contribution >= 0.6 is 0 Å². The predicted molar refractivity (Wildman–Crippen MR) is 147 cm³/mol. The molecule has 0 saturated carbocycles. The number of nitrogens with zero attached hydrogens (tertiary/aromatic N) is 1. The van der Waals surface area contributed by atoms with Gasteiger partial charge >= 0.3 is 12.1 Å². The fourth-order valence-electron chi connectivity index (χ4n) is 4.54. The first-order valence-corrected chi connectivity index (χ1v) is 13.2. The van der Waals surface area contributed by atoms with E-state index in [9.17, 15) is 19.5 Å². The highest BCUT2D eigenvalue weighted by Gasteiger charge is 2.44. The summed E-state index contributed by atoms with van der Waals surface area (Å²) in [4.78, 5) is 40.1. The number of aliphatic hydroxyl groups is 1. The fourth-order valence-corrected chi connectivity index (χ4v) is 4.54. The van der Waals surface area contributed by atoms with E-state index in [4.69, 9.17) is 4.74 Å². The van der Waals surface area contributed by atoms with Crippen LogP contribution in [0.4, 0.5) is 15.3 Å². The zero-order chi connectivity index (χ0) is 27.7. The Morgan fingerprint density at radius 2 is 1.68 bits per heavy atom. The minimum absolute atomic E-state index is 0.232. The van der Waals surface area contributed by atoms with Crippen LogP contribution in [0.5, 0.6) is 0 Å². The molecule has 4 N–H and O–H groups in total. The highest BCUT2D eigenvalue weighted by molar-refractivity contribution is 5.89. The van der Waals surface area contributed by atoms with Gasteiger partial charge in [-0.05, 0) is 31.0 Å². The van der Waals surface area contributed by atoms with E-state index in [1.165, 1.54) is 0 Å². The number of likely N-dealkylation sites (tertiary alicyclic amines) is 1. The molecule has 0 aromatic heterocycles. The Bertz CT molecular complexity index is 1060. The maximum absolute atomic E-state index is 12.9. The standard InChI is InChI=1S/C29H40N4O5/c1-5-6-17-23(25(34)26(35)30-20(2)21-13-9-7-10-14-21)32-28(37)38-24-18-33(19-29(24,3)4)27(36)31-22-15-11-8-12-16-22/h7-16,20,23-25,34H,5-6,17-19H2,1-4H3,(H,30,35)(H,31,36)(H,32,37)/t20-,23+,24-,25?/m1/s1. The molecule has 4 atom stereocenters. The number of amides is 4. The van der Waals surface area contributed by atoms with Gasteiger partial charge in [-0.3, -0.25) is 4.79 Å². The number of alkyl carbamates (subject to hydrolysis) is 1. The number of carbonyl (C=O) groups is 3. The summed E-state index contributed by atoms with van der Waals surface area (Å²) in [7, 11) is 0. The van der Waals surface area contributed by atoms with Gasteiger partial charge in [0.25, 0.3) is 5.91 Å². The molecular formula is C29H40N4O5. The van der Waals surface area contributed by atoms with Crippen molar-refractivity contribution < 1.29 is 24.2 Å². The number of benzene rings is 2. The number of hydrogen-bond acceptors (Lipinski definition) is 5. The van der Waals surface area contributed by atoms with Crippen LogP contribution < -0.4 is 16.0 Å². The van der Waals surface area contributed by atoms with Gasteiger partial charge in [0.1, 0.15) is 6.10 Å². The third kappa shape index (κ3) is 7.95. The first-order valence-electron chi connectivity index (χ1n) is 13.2. The zero-order valence-electron chi connectivity index (χ0n) is 22.6. The lowest BCUT2D eigenvalue weighted by Gasteiger charge is -2.28. The second kappa shape index (κ2) is 13.3. The van der Waals surface area contributed by atoms with Crippen LogP contribution in [0.2, 0.25) is 0 Å². The van der Waals surface area contributed by atoms with Crippen molar-refractivity contribution in [3.63, 3.8) is 0 Å². The second-order valence-electron chi connectivity index (χ2n) is 10.5. The van der Waals surface area contributed by atoms with Crippen molar-refractivity contribution in [2.75, 3.05) is 18.4 Å². The number of aliphatic hydroxyl groups excluding tert-OH is 1.